The van der Waals surface area contributed by atoms with Crippen molar-refractivity contribution >= 4 is 21.7 Å². The Labute approximate surface area is 111 Å². The molecule has 1 aromatic rings. The minimum absolute atomic E-state index is 0.0351. The molecule has 0 aliphatic carbocycles. The highest BCUT2D eigenvalue weighted by molar-refractivity contribution is 7.89. The van der Waals surface area contributed by atoms with Gasteiger partial charge in [0.1, 0.15) is 0 Å². The average Bonchev–Trinajstić information content (AvgIpc) is 2.35. The molecule has 0 saturated heterocycles. The topological polar surface area (TPSA) is 126 Å². The van der Waals surface area contributed by atoms with Gasteiger partial charge in [0, 0.05) is 25.8 Å². The molecule has 0 aromatic carbocycles. The van der Waals surface area contributed by atoms with Gasteiger partial charge in [0.05, 0.1) is 5.69 Å². The van der Waals surface area contributed by atoms with Crippen molar-refractivity contribution in [2.45, 2.75) is 11.9 Å². The fraction of sp³-hybridized carbons (Fsp3) is 0.400. The van der Waals surface area contributed by atoms with Crippen LogP contribution in [0.3, 0.4) is 0 Å². The van der Waals surface area contributed by atoms with Crippen molar-refractivity contribution in [2.75, 3.05) is 25.0 Å². The predicted octanol–water partition coefficient (Wildman–Crippen LogP) is -0.540. The van der Waals surface area contributed by atoms with E-state index in [9.17, 15) is 13.2 Å². The third-order valence-electron chi connectivity index (χ3n) is 2.11. The van der Waals surface area contributed by atoms with E-state index in [0.717, 1.165) is 0 Å². The number of carbonyl (C=O) groups is 1. The van der Waals surface area contributed by atoms with Gasteiger partial charge in [-0.2, -0.15) is 0 Å². The molecule has 0 aliphatic heterocycles. The van der Waals surface area contributed by atoms with Crippen LogP contribution in [-0.4, -0.2) is 39.1 Å². The predicted molar refractivity (Wildman–Crippen MR) is 71.2 cm³/mol. The average molecular weight is 287 g/mol. The number of hydrogen-bond acceptors (Lipinski definition) is 5. The van der Waals surface area contributed by atoms with Crippen LogP contribution < -0.4 is 21.1 Å². The van der Waals surface area contributed by atoms with E-state index in [1.807, 2.05) is 6.92 Å². The summed E-state index contributed by atoms with van der Waals surface area (Å²) >= 11 is 0. The Morgan fingerprint density at radius 1 is 1.42 bits per heavy atom. The number of hydrogen-bond donors (Lipinski definition) is 4. The fourth-order valence-corrected chi connectivity index (χ4v) is 2.51. The Morgan fingerprint density at radius 3 is 2.79 bits per heavy atom. The molecule has 2 amide bonds. The molecule has 0 spiro atoms. The Balaban J connectivity index is 2.74. The van der Waals surface area contributed by atoms with Gasteiger partial charge in [0.2, 0.25) is 0 Å². The van der Waals surface area contributed by atoms with E-state index in [2.05, 4.69) is 20.3 Å². The number of nitrogens with zero attached hydrogens (tertiary/aromatic N) is 1. The van der Waals surface area contributed by atoms with Gasteiger partial charge in [-0.05, 0) is 19.1 Å². The van der Waals surface area contributed by atoms with Crippen molar-refractivity contribution in [1.29, 1.82) is 0 Å². The summed E-state index contributed by atoms with van der Waals surface area (Å²) in [6, 6.07) is 2.57. The molecule has 0 aliphatic rings. The summed E-state index contributed by atoms with van der Waals surface area (Å²) < 4.78 is 26.4. The normalized spacial score (nSPS) is 11.0. The van der Waals surface area contributed by atoms with E-state index in [1.54, 1.807) is 12.1 Å². The highest BCUT2D eigenvalue weighted by atomic mass is 32.2. The number of anilines is 1. The molecule has 5 N–H and O–H groups in total. The first-order valence-corrected chi connectivity index (χ1v) is 7.17. The van der Waals surface area contributed by atoms with Gasteiger partial charge in [0.15, 0.2) is 5.03 Å². The maximum Gasteiger partial charge on any atom is 0.312 e. The summed E-state index contributed by atoms with van der Waals surface area (Å²) in [6.07, 6.45) is 1.40. The van der Waals surface area contributed by atoms with E-state index in [1.165, 1.54) is 6.20 Å². The zero-order valence-electron chi connectivity index (χ0n) is 10.5. The lowest BCUT2D eigenvalue weighted by molar-refractivity contribution is 0.249. The van der Waals surface area contributed by atoms with Gasteiger partial charge in [-0.25, -0.2) is 22.9 Å². The number of carbonyl (C=O) groups excluding carboxylic acids is 1. The zero-order chi connectivity index (χ0) is 14.3. The van der Waals surface area contributed by atoms with Gasteiger partial charge in [-0.1, -0.05) is 0 Å². The molecular weight excluding hydrogens is 270 g/mol. The summed E-state index contributed by atoms with van der Waals surface area (Å²) in [5, 5.41) is 5.13. The van der Waals surface area contributed by atoms with Crippen molar-refractivity contribution in [3.8, 4) is 0 Å². The van der Waals surface area contributed by atoms with Crippen molar-refractivity contribution in [2.24, 2.45) is 5.73 Å². The summed E-state index contributed by atoms with van der Waals surface area (Å²) in [5.74, 6) is 0. The van der Waals surface area contributed by atoms with Crippen LogP contribution in [0.2, 0.25) is 0 Å². The highest BCUT2D eigenvalue weighted by Gasteiger charge is 2.19. The van der Waals surface area contributed by atoms with Crippen LogP contribution in [0.1, 0.15) is 6.92 Å². The summed E-state index contributed by atoms with van der Waals surface area (Å²) in [5.41, 5.74) is 5.30. The van der Waals surface area contributed by atoms with E-state index in [4.69, 9.17) is 5.73 Å². The summed E-state index contributed by atoms with van der Waals surface area (Å²) in [7, 11) is -3.73. The Kier molecular flexibility index (Phi) is 5.52. The molecule has 1 rings (SSSR count). The number of amides is 2. The van der Waals surface area contributed by atoms with Crippen LogP contribution in [0.4, 0.5) is 10.5 Å². The summed E-state index contributed by atoms with van der Waals surface area (Å²) in [6.45, 7) is 2.58. The van der Waals surface area contributed by atoms with Crippen LogP contribution in [0, 0.1) is 0 Å². The number of primary amides is 1. The molecule has 0 saturated carbocycles. The second-order valence-corrected chi connectivity index (χ2v) is 5.26. The third kappa shape index (κ3) is 4.72. The Morgan fingerprint density at radius 2 is 2.16 bits per heavy atom. The lowest BCUT2D eigenvalue weighted by Gasteiger charge is -2.11. The summed E-state index contributed by atoms with van der Waals surface area (Å²) in [4.78, 5) is 14.3. The molecule has 0 fully saturated rings. The van der Waals surface area contributed by atoms with Gasteiger partial charge < -0.3 is 16.4 Å². The number of nitrogens with one attached hydrogen (secondary N) is 3. The van der Waals surface area contributed by atoms with E-state index in [0.29, 0.717) is 12.2 Å². The van der Waals surface area contributed by atoms with Crippen molar-refractivity contribution < 1.29 is 13.2 Å². The van der Waals surface area contributed by atoms with Crippen molar-refractivity contribution in [3.05, 3.63) is 18.3 Å². The Bertz CT molecular complexity index is 532. The van der Waals surface area contributed by atoms with Crippen LogP contribution in [0.5, 0.6) is 0 Å². The van der Waals surface area contributed by atoms with Crippen LogP contribution in [0.15, 0.2) is 23.4 Å². The number of pyridine rings is 1. The maximum atomic E-state index is 12.0. The van der Waals surface area contributed by atoms with Gasteiger partial charge in [-0.15, -0.1) is 0 Å². The standard InChI is InChI=1S/C10H17N5O3S/c1-2-12-8-4-3-5-13-9(8)19(17,18)15-7-6-14-10(11)16/h3-5,12,15H,2,6-7H2,1H3,(H3,11,14,16). The van der Waals surface area contributed by atoms with Gasteiger partial charge >= 0.3 is 6.03 Å². The molecule has 19 heavy (non-hydrogen) atoms. The molecule has 9 heteroatoms. The molecule has 0 unspecified atom stereocenters. The molecule has 0 bridgehead atoms. The first-order valence-electron chi connectivity index (χ1n) is 5.69. The second kappa shape index (κ2) is 6.90. The fourth-order valence-electron chi connectivity index (χ4n) is 1.37. The molecule has 0 atom stereocenters. The quantitative estimate of drug-likeness (QED) is 0.501. The first kappa shape index (κ1) is 15.2. The van der Waals surface area contributed by atoms with Crippen LogP contribution in [-0.2, 0) is 10.0 Å². The first-order chi connectivity index (χ1) is 8.97. The van der Waals surface area contributed by atoms with Crippen LogP contribution in [0.25, 0.3) is 0 Å². The minimum Gasteiger partial charge on any atom is -0.383 e. The molecule has 1 aromatic heterocycles. The molecule has 106 valence electrons. The van der Waals surface area contributed by atoms with E-state index < -0.39 is 16.1 Å². The molecule has 8 nitrogen and oxygen atoms in total. The smallest absolute Gasteiger partial charge is 0.312 e. The number of urea groups is 1. The number of nitrogens with two attached hydrogens (primary N) is 1. The van der Waals surface area contributed by atoms with Crippen molar-refractivity contribution in [1.82, 2.24) is 15.0 Å². The maximum absolute atomic E-state index is 12.0. The van der Waals surface area contributed by atoms with Crippen molar-refractivity contribution in [3.63, 3.8) is 0 Å². The third-order valence-corrected chi connectivity index (χ3v) is 3.53. The lowest BCUT2D eigenvalue weighted by Crippen LogP contribution is -2.37. The number of sulfonamides is 1. The molecular formula is C10H17N5O3S. The highest BCUT2D eigenvalue weighted by Crippen LogP contribution is 2.16. The van der Waals surface area contributed by atoms with Crippen LogP contribution >= 0.6 is 0 Å². The zero-order valence-corrected chi connectivity index (χ0v) is 11.3. The number of rotatable bonds is 7. The molecule has 1 heterocycles. The van der Waals surface area contributed by atoms with Gasteiger partial charge in [0.25, 0.3) is 10.0 Å². The monoisotopic (exact) mass is 287 g/mol. The largest absolute Gasteiger partial charge is 0.383 e. The van der Waals surface area contributed by atoms with E-state index in [-0.39, 0.29) is 18.1 Å². The minimum atomic E-state index is -3.73. The Hall–Kier alpha value is -1.87. The van der Waals surface area contributed by atoms with Gasteiger partial charge in [-0.3, -0.25) is 0 Å². The second-order valence-electron chi connectivity index (χ2n) is 3.58. The lowest BCUT2D eigenvalue weighted by atomic mass is 10.4. The SMILES string of the molecule is CCNc1cccnc1S(=O)(=O)NCCNC(N)=O. The number of aromatic nitrogens is 1. The van der Waals surface area contributed by atoms with E-state index >= 15 is 0 Å². The molecule has 0 radical (unpaired) electrons.